The van der Waals surface area contributed by atoms with Crippen molar-refractivity contribution >= 4 is 23.4 Å². The molecule has 1 heterocycles. The summed E-state index contributed by atoms with van der Waals surface area (Å²) in [7, 11) is 0. The third-order valence-electron chi connectivity index (χ3n) is 1.90. The maximum Gasteiger partial charge on any atom is 0.187 e. The molecule has 1 aliphatic rings. The normalized spacial score (nSPS) is 13.6. The Morgan fingerprint density at radius 1 is 1.46 bits per heavy atom. The first-order chi connectivity index (χ1) is 6.29. The minimum atomic E-state index is -0.00497. The van der Waals surface area contributed by atoms with Crippen LogP contribution >= 0.6 is 0 Å². The Morgan fingerprint density at radius 3 is 3.08 bits per heavy atom. The lowest BCUT2D eigenvalue weighted by Crippen LogP contribution is -2.07. The number of hydrogen-bond acceptors (Lipinski definition) is 2. The number of carbonyl (C=O) groups excluding carboxylic acids is 1. The number of ketones is 1. The largest absolute Gasteiger partial charge is 0.293 e. The summed E-state index contributed by atoms with van der Waals surface area (Å²) in [5.41, 5.74) is 2.21. The van der Waals surface area contributed by atoms with Gasteiger partial charge in [-0.1, -0.05) is 12.1 Å². The van der Waals surface area contributed by atoms with E-state index in [0.717, 1.165) is 11.3 Å². The summed E-state index contributed by atoms with van der Waals surface area (Å²) in [5.74, 6) is -0.00497. The Bertz CT molecular complexity index is 441. The third kappa shape index (κ3) is 1.34. The summed E-state index contributed by atoms with van der Waals surface area (Å²) in [6, 6.07) is 5.20. The van der Waals surface area contributed by atoms with Gasteiger partial charge in [0.1, 0.15) is 0 Å². The Morgan fingerprint density at radius 2 is 2.31 bits per heavy atom. The fraction of sp³-hybridized carbons (Fsp3) is 0.100. The molecule has 2 rings (SSSR count). The van der Waals surface area contributed by atoms with E-state index in [4.69, 9.17) is 6.57 Å². The predicted molar refractivity (Wildman–Crippen MR) is 49.6 cm³/mol. The van der Waals surface area contributed by atoms with Gasteiger partial charge in [-0.3, -0.25) is 9.79 Å². The van der Waals surface area contributed by atoms with Gasteiger partial charge >= 0.3 is 0 Å². The fourth-order valence-corrected chi connectivity index (χ4v) is 1.28. The molecule has 0 saturated heterocycles. The van der Waals surface area contributed by atoms with E-state index in [1.807, 2.05) is 0 Å². The highest BCUT2D eigenvalue weighted by atomic mass is 16.1. The summed E-state index contributed by atoms with van der Waals surface area (Å²) in [4.78, 5) is 18.3. The number of nitrogens with zero attached hydrogens (tertiary/aromatic N) is 2. The maximum absolute atomic E-state index is 11.0. The number of carbonyl (C=O) groups is 1. The average Bonchev–Trinajstić information content (AvgIpc) is 2.16. The highest BCUT2D eigenvalue weighted by Crippen LogP contribution is 2.27. The van der Waals surface area contributed by atoms with Crippen LogP contribution in [0.25, 0.3) is 4.85 Å². The standard InChI is InChI=1S/C10H6N2O/c1-11-8-2-3-10-7(4-8)5-9(13)6-12-10/h2-4,6H,5H2. The molecule has 0 unspecified atom stereocenters. The molecule has 1 aromatic carbocycles. The van der Waals surface area contributed by atoms with Crippen molar-refractivity contribution in [2.45, 2.75) is 6.42 Å². The van der Waals surface area contributed by atoms with E-state index in [1.54, 1.807) is 18.2 Å². The topological polar surface area (TPSA) is 33.8 Å². The summed E-state index contributed by atoms with van der Waals surface area (Å²) in [5, 5.41) is 0. The highest BCUT2D eigenvalue weighted by Gasteiger charge is 2.11. The minimum absolute atomic E-state index is 0.00497. The lowest BCUT2D eigenvalue weighted by Gasteiger charge is -2.07. The second-order valence-corrected chi connectivity index (χ2v) is 2.83. The zero-order valence-corrected chi connectivity index (χ0v) is 6.82. The number of Topliss-reactive ketones (excluding diaryl/α,β-unsaturated/α-hetero) is 1. The van der Waals surface area contributed by atoms with Crippen molar-refractivity contribution in [3.8, 4) is 0 Å². The third-order valence-corrected chi connectivity index (χ3v) is 1.90. The molecule has 3 heteroatoms. The maximum atomic E-state index is 11.0. The quantitative estimate of drug-likeness (QED) is 0.549. The Hall–Kier alpha value is -1.95. The average molecular weight is 170 g/mol. The van der Waals surface area contributed by atoms with Crippen LogP contribution < -0.4 is 0 Å². The molecule has 62 valence electrons. The number of hydrogen-bond donors (Lipinski definition) is 0. The predicted octanol–water partition coefficient (Wildman–Crippen LogP) is 2.06. The van der Waals surface area contributed by atoms with E-state index in [-0.39, 0.29) is 5.78 Å². The molecule has 1 aromatic rings. The van der Waals surface area contributed by atoms with E-state index >= 15 is 0 Å². The van der Waals surface area contributed by atoms with Crippen LogP contribution in [0.5, 0.6) is 0 Å². The Labute approximate surface area is 75.5 Å². The first kappa shape index (κ1) is 7.69. The second kappa shape index (κ2) is 2.83. The fourth-order valence-electron chi connectivity index (χ4n) is 1.28. The van der Waals surface area contributed by atoms with Crippen LogP contribution in [0.1, 0.15) is 5.56 Å². The molecular weight excluding hydrogens is 164 g/mol. The van der Waals surface area contributed by atoms with E-state index in [0.29, 0.717) is 12.1 Å². The molecule has 0 saturated carbocycles. The molecule has 0 bridgehead atoms. The first-order valence-corrected chi connectivity index (χ1v) is 3.87. The van der Waals surface area contributed by atoms with Crippen LogP contribution in [0.15, 0.2) is 23.2 Å². The SMILES string of the molecule is [C-]#[N+]c1ccc2c(c1)CC(=O)C=N2. The molecule has 3 nitrogen and oxygen atoms in total. The Kier molecular flexibility index (Phi) is 1.67. The molecule has 0 aliphatic carbocycles. The molecule has 13 heavy (non-hydrogen) atoms. The molecule has 0 atom stereocenters. The minimum Gasteiger partial charge on any atom is -0.293 e. The van der Waals surface area contributed by atoms with Gasteiger partial charge in [-0.15, -0.1) is 0 Å². The number of benzene rings is 1. The van der Waals surface area contributed by atoms with Gasteiger partial charge in [0.05, 0.1) is 18.5 Å². The van der Waals surface area contributed by atoms with E-state index in [2.05, 4.69) is 9.84 Å². The van der Waals surface area contributed by atoms with Gasteiger partial charge in [0.25, 0.3) is 0 Å². The van der Waals surface area contributed by atoms with E-state index in [9.17, 15) is 4.79 Å². The zero-order valence-electron chi connectivity index (χ0n) is 6.82. The molecule has 0 N–H and O–H groups in total. The smallest absolute Gasteiger partial charge is 0.187 e. The van der Waals surface area contributed by atoms with Gasteiger partial charge in [-0.05, 0) is 11.6 Å². The molecule has 0 spiro atoms. The van der Waals surface area contributed by atoms with Crippen molar-refractivity contribution in [3.05, 3.63) is 35.2 Å². The van der Waals surface area contributed by atoms with Gasteiger partial charge in [-0.2, -0.15) is 0 Å². The summed E-state index contributed by atoms with van der Waals surface area (Å²) >= 11 is 0. The van der Waals surface area contributed by atoms with Crippen molar-refractivity contribution < 1.29 is 4.79 Å². The number of fused-ring (bicyclic) bond motifs is 1. The number of rotatable bonds is 0. The Balaban J connectivity index is 2.54. The van der Waals surface area contributed by atoms with Crippen LogP contribution in [0.4, 0.5) is 11.4 Å². The second-order valence-electron chi connectivity index (χ2n) is 2.83. The first-order valence-electron chi connectivity index (χ1n) is 3.87. The van der Waals surface area contributed by atoms with Crippen molar-refractivity contribution in [3.63, 3.8) is 0 Å². The molecule has 0 radical (unpaired) electrons. The molecule has 1 aliphatic heterocycles. The van der Waals surface area contributed by atoms with Crippen LogP contribution in [0.3, 0.4) is 0 Å². The van der Waals surface area contributed by atoms with Gasteiger partial charge in [0.2, 0.25) is 0 Å². The van der Waals surface area contributed by atoms with Gasteiger partial charge in [-0.25, -0.2) is 4.85 Å². The van der Waals surface area contributed by atoms with E-state index in [1.165, 1.54) is 6.21 Å². The summed E-state index contributed by atoms with van der Waals surface area (Å²) in [6.07, 6.45) is 1.70. The lowest BCUT2D eigenvalue weighted by molar-refractivity contribution is -0.112. The van der Waals surface area contributed by atoms with Crippen molar-refractivity contribution in [2.75, 3.05) is 0 Å². The molecule has 0 aromatic heterocycles. The highest BCUT2D eigenvalue weighted by molar-refractivity contribution is 6.29. The van der Waals surface area contributed by atoms with Crippen LogP contribution in [0, 0.1) is 6.57 Å². The van der Waals surface area contributed by atoms with Gasteiger partial charge in [0.15, 0.2) is 11.5 Å². The van der Waals surface area contributed by atoms with Gasteiger partial charge < -0.3 is 0 Å². The lowest BCUT2D eigenvalue weighted by atomic mass is 10.0. The molecule has 0 fully saturated rings. The molecular formula is C10H6N2O. The monoisotopic (exact) mass is 170 g/mol. The van der Waals surface area contributed by atoms with Crippen molar-refractivity contribution in [1.82, 2.24) is 0 Å². The number of aliphatic imine (C=N–C) groups is 1. The van der Waals surface area contributed by atoms with Crippen LogP contribution in [-0.2, 0) is 11.2 Å². The summed E-state index contributed by atoms with van der Waals surface area (Å²) in [6.45, 7) is 6.81. The zero-order chi connectivity index (χ0) is 9.26. The van der Waals surface area contributed by atoms with Crippen molar-refractivity contribution in [1.29, 1.82) is 0 Å². The van der Waals surface area contributed by atoms with Crippen LogP contribution in [-0.4, -0.2) is 12.0 Å². The van der Waals surface area contributed by atoms with Crippen molar-refractivity contribution in [2.24, 2.45) is 4.99 Å². The van der Waals surface area contributed by atoms with Crippen LogP contribution in [0.2, 0.25) is 0 Å². The molecule has 0 amide bonds. The summed E-state index contributed by atoms with van der Waals surface area (Å²) < 4.78 is 0. The van der Waals surface area contributed by atoms with Gasteiger partial charge in [0, 0.05) is 6.42 Å². The van der Waals surface area contributed by atoms with E-state index < -0.39 is 0 Å².